The maximum atomic E-state index is 13.7. The van der Waals surface area contributed by atoms with E-state index in [4.69, 9.17) is 9.84 Å². The number of carboxylic acids is 1. The number of hydrogen-bond donors (Lipinski definition) is 1. The Bertz CT molecular complexity index is 1430. The molecular formula is C24H23F3N4O5S. The number of alkyl halides is 3. The van der Waals surface area contributed by atoms with Crippen LogP contribution in [0.15, 0.2) is 59.6 Å². The number of anilines is 2. The van der Waals surface area contributed by atoms with E-state index in [1.165, 1.54) is 12.1 Å². The molecule has 2 heterocycles. The molecule has 9 nitrogen and oxygen atoms in total. The summed E-state index contributed by atoms with van der Waals surface area (Å²) in [5.74, 6) is -0.506. The van der Waals surface area contributed by atoms with Crippen LogP contribution >= 0.6 is 0 Å². The lowest BCUT2D eigenvalue weighted by Crippen LogP contribution is -2.43. The number of carbonyl (C=O) groups is 1. The molecule has 1 N–H and O–H groups in total. The van der Waals surface area contributed by atoms with Crippen LogP contribution in [0.25, 0.3) is 11.3 Å². The lowest BCUT2D eigenvalue weighted by Gasteiger charge is -2.35. The third-order valence-electron chi connectivity index (χ3n) is 5.66. The van der Waals surface area contributed by atoms with E-state index in [0.29, 0.717) is 23.3 Å². The minimum Gasteiger partial charge on any atom is -0.486 e. The van der Waals surface area contributed by atoms with E-state index in [1.54, 1.807) is 37.3 Å². The molecule has 196 valence electrons. The monoisotopic (exact) mass is 536 g/mol. The Kier molecular flexibility index (Phi) is 7.00. The summed E-state index contributed by atoms with van der Waals surface area (Å²) < 4.78 is 74.1. The zero-order valence-electron chi connectivity index (χ0n) is 19.8. The molecule has 0 saturated carbocycles. The molecule has 4 rings (SSSR count). The van der Waals surface area contributed by atoms with Crippen molar-refractivity contribution in [2.45, 2.75) is 30.0 Å². The van der Waals surface area contributed by atoms with Gasteiger partial charge in [-0.2, -0.15) is 13.2 Å². The molecule has 0 radical (unpaired) electrons. The third kappa shape index (κ3) is 5.61. The van der Waals surface area contributed by atoms with Gasteiger partial charge in [0.25, 0.3) is 10.0 Å². The minimum absolute atomic E-state index is 0.00321. The second kappa shape index (κ2) is 9.88. The Morgan fingerprint density at radius 1 is 1.19 bits per heavy atom. The molecule has 1 atom stereocenters. The van der Waals surface area contributed by atoms with Crippen LogP contribution in [0.1, 0.15) is 18.4 Å². The topological polar surface area (TPSA) is 113 Å². The highest BCUT2D eigenvalue weighted by atomic mass is 32.2. The van der Waals surface area contributed by atoms with Crippen LogP contribution in [0.4, 0.5) is 24.8 Å². The first-order chi connectivity index (χ1) is 17.4. The Morgan fingerprint density at radius 3 is 2.62 bits per heavy atom. The molecule has 3 aromatic rings. The van der Waals surface area contributed by atoms with Crippen molar-refractivity contribution in [2.75, 3.05) is 29.8 Å². The third-order valence-corrected chi connectivity index (χ3v) is 7.43. The highest BCUT2D eigenvalue weighted by molar-refractivity contribution is 7.92. The fourth-order valence-electron chi connectivity index (χ4n) is 3.82. The lowest BCUT2D eigenvalue weighted by atomic mass is 10.1. The summed E-state index contributed by atoms with van der Waals surface area (Å²) >= 11 is 0. The van der Waals surface area contributed by atoms with Gasteiger partial charge in [0.05, 0.1) is 28.4 Å². The number of hydrogen-bond acceptors (Lipinski definition) is 7. The molecule has 0 bridgehead atoms. The van der Waals surface area contributed by atoms with E-state index in [2.05, 4.69) is 9.97 Å². The summed E-state index contributed by atoms with van der Waals surface area (Å²) in [4.78, 5) is 20.9. The SMILES string of the molecule is CN(C)c1nccc(-c2ccc3c(c2)N(S(=O)(=O)c2cccc(C(F)(F)F)c2)C[C@H](CCC(=O)O)O3)n1. The van der Waals surface area contributed by atoms with Gasteiger partial charge in [0.15, 0.2) is 0 Å². The van der Waals surface area contributed by atoms with Gasteiger partial charge in [-0.05, 0) is 48.9 Å². The Morgan fingerprint density at radius 2 is 1.95 bits per heavy atom. The zero-order valence-corrected chi connectivity index (χ0v) is 20.6. The van der Waals surface area contributed by atoms with Crippen LogP contribution in [0.3, 0.4) is 0 Å². The smallest absolute Gasteiger partial charge is 0.416 e. The molecule has 0 spiro atoms. The molecule has 1 aliphatic heterocycles. The number of rotatable bonds is 7. The average Bonchev–Trinajstić information content (AvgIpc) is 2.86. The maximum Gasteiger partial charge on any atom is 0.416 e. The minimum atomic E-state index is -4.73. The molecule has 1 aliphatic rings. The summed E-state index contributed by atoms with van der Waals surface area (Å²) in [5, 5.41) is 9.06. The van der Waals surface area contributed by atoms with Gasteiger partial charge < -0.3 is 14.7 Å². The van der Waals surface area contributed by atoms with Gasteiger partial charge >= 0.3 is 12.1 Å². The Labute approximate surface area is 211 Å². The van der Waals surface area contributed by atoms with Crippen molar-refractivity contribution < 1.29 is 36.2 Å². The molecule has 2 aromatic carbocycles. The van der Waals surface area contributed by atoms with Crippen molar-refractivity contribution in [1.82, 2.24) is 9.97 Å². The lowest BCUT2D eigenvalue weighted by molar-refractivity contribution is -0.138. The Balaban J connectivity index is 1.81. The zero-order chi connectivity index (χ0) is 27.0. The van der Waals surface area contributed by atoms with Crippen LogP contribution in [0.5, 0.6) is 5.75 Å². The van der Waals surface area contributed by atoms with E-state index in [-0.39, 0.29) is 30.8 Å². The highest BCUT2D eigenvalue weighted by Crippen LogP contribution is 2.41. The predicted octanol–water partition coefficient (Wildman–Crippen LogP) is 4.05. The molecule has 0 amide bonds. The molecule has 0 unspecified atom stereocenters. The van der Waals surface area contributed by atoms with Gasteiger partial charge in [-0.3, -0.25) is 9.10 Å². The predicted molar refractivity (Wildman–Crippen MR) is 129 cm³/mol. The van der Waals surface area contributed by atoms with Gasteiger partial charge in [-0.25, -0.2) is 18.4 Å². The molecule has 13 heteroatoms. The summed E-state index contributed by atoms with van der Waals surface area (Å²) in [6.07, 6.45) is -4.28. The number of nitrogens with zero attached hydrogens (tertiary/aromatic N) is 4. The van der Waals surface area contributed by atoms with Crippen LogP contribution in [-0.2, 0) is 21.0 Å². The second-order valence-corrected chi connectivity index (χ2v) is 10.4. The fraction of sp³-hybridized carbons (Fsp3) is 0.292. The number of carboxylic acid groups (broad SMARTS) is 1. The van der Waals surface area contributed by atoms with Crippen LogP contribution in [0.2, 0.25) is 0 Å². The molecule has 0 saturated heterocycles. The summed E-state index contributed by atoms with van der Waals surface area (Å²) in [6, 6.07) is 9.84. The fourth-order valence-corrected chi connectivity index (χ4v) is 5.36. The largest absolute Gasteiger partial charge is 0.486 e. The van der Waals surface area contributed by atoms with Gasteiger partial charge in [0.2, 0.25) is 5.95 Å². The molecule has 0 aliphatic carbocycles. The van der Waals surface area contributed by atoms with Crippen molar-refractivity contribution >= 4 is 27.6 Å². The second-order valence-electron chi connectivity index (χ2n) is 8.55. The van der Waals surface area contributed by atoms with E-state index >= 15 is 0 Å². The highest BCUT2D eigenvalue weighted by Gasteiger charge is 2.37. The number of benzene rings is 2. The van der Waals surface area contributed by atoms with Crippen molar-refractivity contribution in [2.24, 2.45) is 0 Å². The van der Waals surface area contributed by atoms with E-state index in [0.717, 1.165) is 22.5 Å². The van der Waals surface area contributed by atoms with E-state index in [1.807, 2.05) is 0 Å². The average molecular weight is 537 g/mol. The summed E-state index contributed by atoms with van der Waals surface area (Å²) in [7, 11) is -0.957. The first kappa shape index (κ1) is 26.2. The van der Waals surface area contributed by atoms with Crippen molar-refractivity contribution in [1.29, 1.82) is 0 Å². The van der Waals surface area contributed by atoms with Crippen molar-refractivity contribution in [3.63, 3.8) is 0 Å². The normalized spacial score (nSPS) is 15.6. The van der Waals surface area contributed by atoms with Crippen LogP contribution in [0, 0.1) is 0 Å². The molecule has 1 aromatic heterocycles. The number of fused-ring (bicyclic) bond motifs is 1. The molecule has 37 heavy (non-hydrogen) atoms. The molecular weight excluding hydrogens is 513 g/mol. The number of halogens is 3. The number of ether oxygens (including phenoxy) is 1. The number of sulfonamides is 1. The van der Waals surface area contributed by atoms with Crippen LogP contribution < -0.4 is 13.9 Å². The van der Waals surface area contributed by atoms with Gasteiger partial charge in [0.1, 0.15) is 11.9 Å². The van der Waals surface area contributed by atoms with Crippen molar-refractivity contribution in [3.05, 3.63) is 60.3 Å². The summed E-state index contributed by atoms with van der Waals surface area (Å²) in [5.41, 5.74) is 0.0222. The maximum absolute atomic E-state index is 13.7. The first-order valence-corrected chi connectivity index (χ1v) is 12.5. The van der Waals surface area contributed by atoms with E-state index in [9.17, 15) is 26.4 Å². The number of aliphatic carboxylic acids is 1. The summed E-state index contributed by atoms with van der Waals surface area (Å²) in [6.45, 7) is -0.283. The standard InChI is InChI=1S/C24H23F3N4O5S/c1-30(2)23-28-11-10-19(29-23)15-6-8-21-20(12-15)31(14-17(36-21)7-9-22(32)33)37(34,35)18-5-3-4-16(13-18)24(25,26)27/h3-6,8,10-13,17H,7,9,14H2,1-2H3,(H,32,33)/t17-/m0/s1. The van der Waals surface area contributed by atoms with Gasteiger partial charge in [-0.15, -0.1) is 0 Å². The van der Waals surface area contributed by atoms with E-state index < -0.39 is 38.7 Å². The quantitative estimate of drug-likeness (QED) is 0.481. The molecule has 0 fully saturated rings. The number of aromatic nitrogens is 2. The van der Waals surface area contributed by atoms with Crippen molar-refractivity contribution in [3.8, 4) is 17.0 Å². The van der Waals surface area contributed by atoms with Crippen LogP contribution in [-0.4, -0.2) is 56.2 Å². The van der Waals surface area contributed by atoms with Gasteiger partial charge in [0, 0.05) is 32.3 Å². The first-order valence-electron chi connectivity index (χ1n) is 11.1. The Hall–Kier alpha value is -3.87. The van der Waals surface area contributed by atoms with Gasteiger partial charge in [-0.1, -0.05) is 6.07 Å².